The molecule has 5 rings (SSSR count). The van der Waals surface area contributed by atoms with Gasteiger partial charge in [-0.3, -0.25) is 4.79 Å². The fourth-order valence-corrected chi connectivity index (χ4v) is 4.91. The zero-order chi connectivity index (χ0) is 22.6. The lowest BCUT2D eigenvalue weighted by molar-refractivity contribution is -0.117. The number of carbonyl (C=O) groups excluding carboxylic acids is 1. The maximum atomic E-state index is 13.8. The second-order valence-electron chi connectivity index (χ2n) is 9.05. The Hall–Kier alpha value is -3.34. The maximum Gasteiger partial charge on any atom is 0.225 e. The molecule has 1 aromatic heterocycles. The van der Waals surface area contributed by atoms with E-state index in [-0.39, 0.29) is 11.7 Å². The number of hydrogen-bond donors (Lipinski definition) is 1. The molecule has 2 aliphatic rings. The van der Waals surface area contributed by atoms with Gasteiger partial charge in [0.25, 0.3) is 0 Å². The minimum Gasteiger partial charge on any atom is -0.309 e. The van der Waals surface area contributed by atoms with E-state index in [9.17, 15) is 9.18 Å². The van der Waals surface area contributed by atoms with Crippen LogP contribution in [0.2, 0.25) is 0 Å². The number of nitrogens with one attached hydrogen (secondary N) is 1. The average molecular weight is 442 g/mol. The molecule has 2 aromatic carbocycles. The summed E-state index contributed by atoms with van der Waals surface area (Å²) < 4.78 is 13.8. The third-order valence-corrected chi connectivity index (χ3v) is 6.64. The van der Waals surface area contributed by atoms with Gasteiger partial charge in [-0.25, -0.2) is 14.4 Å². The Morgan fingerprint density at radius 1 is 1.00 bits per heavy atom. The summed E-state index contributed by atoms with van der Waals surface area (Å²) in [5.41, 5.74) is 5.14. The monoisotopic (exact) mass is 441 g/mol. The third-order valence-electron chi connectivity index (χ3n) is 6.64. The molecule has 0 bridgehead atoms. The van der Waals surface area contributed by atoms with E-state index in [1.54, 1.807) is 12.1 Å². The lowest BCUT2D eigenvalue weighted by atomic mass is 9.87. The molecule has 4 nitrogen and oxygen atoms in total. The van der Waals surface area contributed by atoms with Crippen LogP contribution in [0.3, 0.4) is 0 Å². The summed E-state index contributed by atoms with van der Waals surface area (Å²) in [7, 11) is 0. The van der Waals surface area contributed by atoms with Gasteiger partial charge in [0.15, 0.2) is 5.82 Å². The molecule has 0 spiro atoms. The van der Waals surface area contributed by atoms with Crippen molar-refractivity contribution in [2.45, 2.75) is 51.4 Å². The molecule has 0 radical (unpaired) electrons. The van der Waals surface area contributed by atoms with Crippen LogP contribution in [0, 0.1) is 11.7 Å². The zero-order valence-corrected chi connectivity index (χ0v) is 18.7. The van der Waals surface area contributed by atoms with Crippen molar-refractivity contribution in [3.8, 4) is 11.3 Å². The maximum absolute atomic E-state index is 13.8. The molecule has 33 heavy (non-hydrogen) atoms. The van der Waals surface area contributed by atoms with Gasteiger partial charge in [-0.05, 0) is 67.0 Å². The summed E-state index contributed by atoms with van der Waals surface area (Å²) in [6.07, 6.45) is 11.7. The summed E-state index contributed by atoms with van der Waals surface area (Å²) in [5.74, 6) is 0.728. The molecule has 2 aliphatic carbocycles. The number of hydrogen-bond acceptors (Lipinski definition) is 3. The van der Waals surface area contributed by atoms with E-state index in [4.69, 9.17) is 9.97 Å². The van der Waals surface area contributed by atoms with Gasteiger partial charge >= 0.3 is 0 Å². The Morgan fingerprint density at radius 3 is 2.64 bits per heavy atom. The first-order valence-corrected chi connectivity index (χ1v) is 11.9. The number of nitrogens with zero attached hydrogens (tertiary/aromatic N) is 2. The molecule has 1 heterocycles. The van der Waals surface area contributed by atoms with Crippen molar-refractivity contribution >= 4 is 23.9 Å². The molecule has 0 atom stereocenters. The van der Waals surface area contributed by atoms with Crippen LogP contribution >= 0.6 is 0 Å². The van der Waals surface area contributed by atoms with E-state index in [0.717, 1.165) is 40.9 Å². The predicted molar refractivity (Wildman–Crippen MR) is 130 cm³/mol. The second kappa shape index (κ2) is 9.65. The van der Waals surface area contributed by atoms with Crippen LogP contribution in [-0.2, 0) is 17.6 Å². The smallest absolute Gasteiger partial charge is 0.225 e. The van der Waals surface area contributed by atoms with Gasteiger partial charge in [-0.1, -0.05) is 55.7 Å². The zero-order valence-electron chi connectivity index (χ0n) is 18.7. The highest BCUT2D eigenvalue weighted by atomic mass is 19.1. The first kappa shape index (κ1) is 21.5. The summed E-state index contributed by atoms with van der Waals surface area (Å²) in [6.45, 7) is 0. The molecule has 1 saturated carbocycles. The number of fused-ring (bicyclic) bond motifs is 3. The number of amides is 1. The number of anilines is 1. The van der Waals surface area contributed by atoms with Gasteiger partial charge in [-0.2, -0.15) is 0 Å². The molecule has 0 unspecified atom stereocenters. The van der Waals surface area contributed by atoms with Crippen LogP contribution in [0.5, 0.6) is 0 Å². The first-order chi connectivity index (χ1) is 16.2. The molecule has 1 amide bonds. The van der Waals surface area contributed by atoms with Crippen molar-refractivity contribution in [3.63, 3.8) is 0 Å². The fraction of sp³-hybridized carbons (Fsp3) is 0.321. The quantitative estimate of drug-likeness (QED) is 0.494. The SMILES string of the molecule is O=C(CC1CCCCC1)Nc1nc2c(nc1/C=C/c1ccccc1)-c1ccc(F)cc1CC2. The van der Waals surface area contributed by atoms with Gasteiger partial charge < -0.3 is 5.32 Å². The highest BCUT2D eigenvalue weighted by molar-refractivity contribution is 5.92. The van der Waals surface area contributed by atoms with Crippen molar-refractivity contribution in [1.82, 2.24) is 9.97 Å². The van der Waals surface area contributed by atoms with Crippen LogP contribution in [0.1, 0.15) is 61.0 Å². The molecule has 5 heteroatoms. The van der Waals surface area contributed by atoms with Crippen LogP contribution in [0.25, 0.3) is 23.4 Å². The molecular formula is C28H28FN3O. The number of carbonyl (C=O) groups is 1. The van der Waals surface area contributed by atoms with Crippen LogP contribution in [0.15, 0.2) is 48.5 Å². The van der Waals surface area contributed by atoms with Crippen molar-refractivity contribution in [1.29, 1.82) is 0 Å². The van der Waals surface area contributed by atoms with Gasteiger partial charge in [0.1, 0.15) is 11.5 Å². The minimum absolute atomic E-state index is 0.00351. The molecule has 1 fully saturated rings. The number of aryl methyl sites for hydroxylation is 2. The summed E-state index contributed by atoms with van der Waals surface area (Å²) in [5, 5.41) is 3.05. The van der Waals surface area contributed by atoms with Crippen LogP contribution in [0.4, 0.5) is 10.2 Å². The minimum atomic E-state index is -0.235. The summed E-state index contributed by atoms with van der Waals surface area (Å²) in [4.78, 5) is 22.6. The number of benzene rings is 2. The molecule has 0 aliphatic heterocycles. The molecule has 1 N–H and O–H groups in total. The van der Waals surface area contributed by atoms with E-state index < -0.39 is 0 Å². The van der Waals surface area contributed by atoms with Crippen molar-refractivity contribution in [2.75, 3.05) is 5.32 Å². The lowest BCUT2D eigenvalue weighted by Crippen LogP contribution is -2.21. The number of rotatable bonds is 5. The highest BCUT2D eigenvalue weighted by Gasteiger charge is 2.23. The van der Waals surface area contributed by atoms with E-state index in [1.165, 1.54) is 25.3 Å². The topological polar surface area (TPSA) is 54.9 Å². The van der Waals surface area contributed by atoms with E-state index in [0.29, 0.717) is 36.7 Å². The standard InChI is InChI=1S/C28H28FN3O/c29-22-13-14-23-21(18-22)12-16-24-27(23)30-25(15-11-19-7-3-1-4-8-19)28(31-24)32-26(33)17-20-9-5-2-6-10-20/h1,3-4,7-8,11,13-15,18,20H,2,5-6,9-10,12,16-17H2,(H,31,32,33)/b15-11+. The largest absolute Gasteiger partial charge is 0.309 e. The number of halogens is 1. The Balaban J connectivity index is 1.48. The first-order valence-electron chi connectivity index (χ1n) is 11.9. The van der Waals surface area contributed by atoms with Crippen molar-refractivity contribution < 1.29 is 9.18 Å². The van der Waals surface area contributed by atoms with Crippen LogP contribution < -0.4 is 5.32 Å². The molecular weight excluding hydrogens is 413 g/mol. The number of aromatic nitrogens is 2. The van der Waals surface area contributed by atoms with Gasteiger partial charge in [-0.15, -0.1) is 0 Å². The van der Waals surface area contributed by atoms with Crippen LogP contribution in [-0.4, -0.2) is 15.9 Å². The van der Waals surface area contributed by atoms with Crippen molar-refractivity contribution in [3.05, 3.63) is 76.9 Å². The lowest BCUT2D eigenvalue weighted by Gasteiger charge is -2.22. The second-order valence-corrected chi connectivity index (χ2v) is 9.05. The van der Waals surface area contributed by atoms with E-state index in [1.807, 2.05) is 42.5 Å². The predicted octanol–water partition coefficient (Wildman–Crippen LogP) is 6.46. The summed E-state index contributed by atoms with van der Waals surface area (Å²) in [6, 6.07) is 14.8. The highest BCUT2D eigenvalue weighted by Crippen LogP contribution is 2.34. The molecule has 168 valence electrons. The average Bonchev–Trinajstić information content (AvgIpc) is 2.83. The third kappa shape index (κ3) is 5.03. The van der Waals surface area contributed by atoms with E-state index >= 15 is 0 Å². The van der Waals surface area contributed by atoms with Gasteiger partial charge in [0.05, 0.1) is 11.4 Å². The molecule has 0 saturated heterocycles. The normalized spacial score (nSPS) is 15.8. The Bertz CT molecular complexity index is 1180. The summed E-state index contributed by atoms with van der Waals surface area (Å²) >= 11 is 0. The fourth-order valence-electron chi connectivity index (χ4n) is 4.91. The van der Waals surface area contributed by atoms with Gasteiger partial charge in [0, 0.05) is 12.0 Å². The van der Waals surface area contributed by atoms with E-state index in [2.05, 4.69) is 5.32 Å². The molecule has 3 aromatic rings. The Morgan fingerprint density at radius 2 is 1.82 bits per heavy atom. The Kier molecular flexibility index (Phi) is 6.29. The Labute approximate surface area is 194 Å². The van der Waals surface area contributed by atoms with Crippen molar-refractivity contribution in [2.24, 2.45) is 5.92 Å². The van der Waals surface area contributed by atoms with Gasteiger partial charge in [0.2, 0.25) is 5.91 Å².